The second-order valence-corrected chi connectivity index (χ2v) is 4.91. The Morgan fingerprint density at radius 3 is 2.21 bits per heavy atom. The Bertz CT molecular complexity index is 289. The highest BCUT2D eigenvalue weighted by Crippen LogP contribution is 2.60. The number of aliphatic carboxylic acids is 1. The number of rotatable bonds is 1. The smallest absolute Gasteiger partial charge is 0.324 e. The first kappa shape index (κ1) is 9.51. The molecule has 2 saturated carbocycles. The van der Waals surface area contributed by atoms with E-state index >= 15 is 0 Å². The van der Waals surface area contributed by atoms with Crippen LogP contribution in [0.2, 0.25) is 0 Å². The van der Waals surface area contributed by atoms with Gasteiger partial charge in [-0.15, -0.1) is 0 Å². The van der Waals surface area contributed by atoms with Crippen molar-refractivity contribution in [2.75, 3.05) is 0 Å². The van der Waals surface area contributed by atoms with Crippen LogP contribution in [0.5, 0.6) is 0 Å². The Kier molecular flexibility index (Phi) is 2.02. The molecule has 1 N–H and O–H groups in total. The molecule has 0 atom stereocenters. The Labute approximate surface area is 83.7 Å². The molecule has 0 aromatic carbocycles. The lowest BCUT2D eigenvalue weighted by molar-refractivity contribution is -0.160. The predicted molar refractivity (Wildman–Crippen MR) is 50.4 cm³/mol. The lowest BCUT2D eigenvalue weighted by Gasteiger charge is -2.52. The van der Waals surface area contributed by atoms with Crippen LogP contribution in [0.15, 0.2) is 0 Å². The first-order chi connectivity index (χ1) is 6.63. The minimum Gasteiger partial charge on any atom is -0.480 e. The number of hydrogen-bond acceptors (Lipinski definition) is 2. The van der Waals surface area contributed by atoms with E-state index in [1.807, 2.05) is 6.07 Å². The van der Waals surface area contributed by atoms with Gasteiger partial charge in [0.25, 0.3) is 0 Å². The van der Waals surface area contributed by atoms with Gasteiger partial charge in [-0.2, -0.15) is 5.26 Å². The molecule has 1 spiro atoms. The molecule has 0 heterocycles. The van der Waals surface area contributed by atoms with Gasteiger partial charge in [0.15, 0.2) is 5.41 Å². The summed E-state index contributed by atoms with van der Waals surface area (Å²) in [5.41, 5.74) is -0.830. The third-order valence-corrected chi connectivity index (χ3v) is 3.89. The molecule has 2 fully saturated rings. The van der Waals surface area contributed by atoms with Crippen LogP contribution in [-0.2, 0) is 4.79 Å². The van der Waals surface area contributed by atoms with Gasteiger partial charge in [-0.3, -0.25) is 4.79 Å². The van der Waals surface area contributed by atoms with Gasteiger partial charge < -0.3 is 5.11 Å². The number of carbonyl (C=O) groups is 1. The summed E-state index contributed by atoms with van der Waals surface area (Å²) < 4.78 is 0. The molecule has 76 valence electrons. The van der Waals surface area contributed by atoms with Crippen molar-refractivity contribution in [3.63, 3.8) is 0 Å². The normalized spacial score (nSPS) is 27.6. The van der Waals surface area contributed by atoms with Crippen molar-refractivity contribution in [2.24, 2.45) is 10.8 Å². The van der Waals surface area contributed by atoms with Crippen molar-refractivity contribution in [3.8, 4) is 6.07 Å². The summed E-state index contributed by atoms with van der Waals surface area (Å²) in [6.07, 6.45) is 7.13. The van der Waals surface area contributed by atoms with Gasteiger partial charge in [0, 0.05) is 0 Å². The lowest BCUT2D eigenvalue weighted by Crippen LogP contribution is -2.51. The summed E-state index contributed by atoms with van der Waals surface area (Å²) in [5, 5.41) is 17.9. The van der Waals surface area contributed by atoms with Crippen molar-refractivity contribution >= 4 is 5.97 Å². The number of carboxylic acids is 1. The van der Waals surface area contributed by atoms with Crippen LogP contribution in [0.4, 0.5) is 0 Å². The monoisotopic (exact) mass is 193 g/mol. The minimum atomic E-state index is -1.04. The van der Waals surface area contributed by atoms with Crippen LogP contribution >= 0.6 is 0 Å². The molecule has 3 heteroatoms. The van der Waals surface area contributed by atoms with Gasteiger partial charge in [0.05, 0.1) is 6.07 Å². The maximum Gasteiger partial charge on any atom is 0.324 e. The van der Waals surface area contributed by atoms with Gasteiger partial charge in [-0.25, -0.2) is 0 Å². The van der Waals surface area contributed by atoms with Crippen molar-refractivity contribution < 1.29 is 9.90 Å². The zero-order valence-electron chi connectivity index (χ0n) is 8.25. The van der Waals surface area contributed by atoms with E-state index < -0.39 is 11.4 Å². The fourth-order valence-electron chi connectivity index (χ4n) is 3.16. The average molecular weight is 193 g/mol. The highest BCUT2D eigenvalue weighted by Gasteiger charge is 2.59. The Morgan fingerprint density at radius 1 is 1.21 bits per heavy atom. The van der Waals surface area contributed by atoms with Gasteiger partial charge in [0.2, 0.25) is 0 Å². The zero-order valence-corrected chi connectivity index (χ0v) is 8.25. The summed E-state index contributed by atoms with van der Waals surface area (Å²) in [6.45, 7) is 0. The molecule has 0 bridgehead atoms. The maximum atomic E-state index is 10.9. The lowest BCUT2D eigenvalue weighted by atomic mass is 9.49. The fraction of sp³-hybridized carbons (Fsp3) is 0.818. The van der Waals surface area contributed by atoms with E-state index in [0.717, 1.165) is 12.8 Å². The van der Waals surface area contributed by atoms with Crippen LogP contribution in [-0.4, -0.2) is 11.1 Å². The second kappa shape index (κ2) is 2.98. The largest absolute Gasteiger partial charge is 0.480 e. The Hall–Kier alpha value is -1.04. The summed E-state index contributed by atoms with van der Waals surface area (Å²) >= 11 is 0. The number of nitrogens with zero attached hydrogens (tertiary/aromatic N) is 1. The van der Waals surface area contributed by atoms with Crippen molar-refractivity contribution in [2.45, 2.75) is 44.9 Å². The first-order valence-electron chi connectivity index (χ1n) is 5.27. The van der Waals surface area contributed by atoms with Gasteiger partial charge in [-0.1, -0.05) is 19.3 Å². The number of carboxylic acid groups (broad SMARTS) is 1. The summed E-state index contributed by atoms with van der Waals surface area (Å²) in [7, 11) is 0. The van der Waals surface area contributed by atoms with Crippen LogP contribution in [0.25, 0.3) is 0 Å². The minimum absolute atomic E-state index is 0.215. The van der Waals surface area contributed by atoms with Crippen molar-refractivity contribution in [1.29, 1.82) is 5.26 Å². The van der Waals surface area contributed by atoms with Crippen LogP contribution in [0.3, 0.4) is 0 Å². The van der Waals surface area contributed by atoms with E-state index in [2.05, 4.69) is 0 Å². The number of hydrogen-bond donors (Lipinski definition) is 1. The molecule has 0 saturated heterocycles. The summed E-state index contributed by atoms with van der Waals surface area (Å²) in [5.74, 6) is -0.920. The summed E-state index contributed by atoms with van der Waals surface area (Å²) in [4.78, 5) is 10.9. The Balaban J connectivity index is 2.06. The third kappa shape index (κ3) is 1.21. The van der Waals surface area contributed by atoms with Crippen molar-refractivity contribution in [3.05, 3.63) is 0 Å². The second-order valence-electron chi connectivity index (χ2n) is 4.91. The molecule has 0 amide bonds. The van der Waals surface area contributed by atoms with E-state index in [-0.39, 0.29) is 5.41 Å². The molecule has 0 unspecified atom stereocenters. The highest BCUT2D eigenvalue weighted by molar-refractivity contribution is 5.79. The molecule has 2 rings (SSSR count). The summed E-state index contributed by atoms with van der Waals surface area (Å²) in [6, 6.07) is 1.99. The van der Waals surface area contributed by atoms with E-state index in [1.165, 1.54) is 19.3 Å². The topological polar surface area (TPSA) is 61.1 Å². The molecule has 0 aromatic rings. The molecule has 2 aliphatic rings. The zero-order chi connectivity index (χ0) is 10.2. The van der Waals surface area contributed by atoms with Crippen LogP contribution < -0.4 is 0 Å². The van der Waals surface area contributed by atoms with Crippen molar-refractivity contribution in [1.82, 2.24) is 0 Å². The SMILES string of the molecule is N#CC1(C(=O)O)CC2(CCCCC2)C1. The molecular formula is C11H15NO2. The van der Waals surface area contributed by atoms with E-state index in [0.29, 0.717) is 12.8 Å². The Morgan fingerprint density at radius 2 is 1.79 bits per heavy atom. The van der Waals surface area contributed by atoms with Gasteiger partial charge in [-0.05, 0) is 31.1 Å². The van der Waals surface area contributed by atoms with E-state index in [4.69, 9.17) is 10.4 Å². The molecular weight excluding hydrogens is 178 g/mol. The molecule has 0 aliphatic heterocycles. The van der Waals surface area contributed by atoms with E-state index in [1.54, 1.807) is 0 Å². The molecule has 14 heavy (non-hydrogen) atoms. The quantitative estimate of drug-likeness (QED) is 0.695. The third-order valence-electron chi connectivity index (χ3n) is 3.89. The highest BCUT2D eigenvalue weighted by atomic mass is 16.4. The molecule has 0 radical (unpaired) electrons. The first-order valence-corrected chi connectivity index (χ1v) is 5.27. The predicted octanol–water partition coefficient (Wildman–Crippen LogP) is 2.33. The van der Waals surface area contributed by atoms with E-state index in [9.17, 15) is 4.79 Å². The molecule has 0 aromatic heterocycles. The maximum absolute atomic E-state index is 10.9. The average Bonchev–Trinajstić information content (AvgIpc) is 2.14. The standard InChI is InChI=1S/C11H15NO2/c12-8-11(9(13)14)6-10(7-11)4-2-1-3-5-10/h1-7H2,(H,13,14). The van der Waals surface area contributed by atoms with Crippen LogP contribution in [0, 0.1) is 22.2 Å². The van der Waals surface area contributed by atoms with Gasteiger partial charge >= 0.3 is 5.97 Å². The molecule has 2 aliphatic carbocycles. The van der Waals surface area contributed by atoms with Gasteiger partial charge in [0.1, 0.15) is 0 Å². The number of nitriles is 1. The van der Waals surface area contributed by atoms with Crippen LogP contribution in [0.1, 0.15) is 44.9 Å². The molecule has 3 nitrogen and oxygen atoms in total. The fourth-order valence-corrected chi connectivity index (χ4v) is 3.16.